The molecule has 0 bridgehead atoms. The summed E-state index contributed by atoms with van der Waals surface area (Å²) in [6.07, 6.45) is 0. The van der Waals surface area contributed by atoms with E-state index in [9.17, 15) is 4.79 Å². The molecule has 1 aliphatic heterocycles. The molecule has 0 aliphatic carbocycles. The number of piperazine rings is 1. The monoisotopic (exact) mass is 470 g/mol. The van der Waals surface area contributed by atoms with Crippen molar-refractivity contribution in [3.05, 3.63) is 76.8 Å². The maximum atomic E-state index is 15.1. The SMILES string of the molecule is CC(C)(C)c1cc(C[N+]2(c3ccccc3F)CCN(C(N)=O)CC2)n(-c2cccc(Cl)c2)n1. The lowest BCUT2D eigenvalue weighted by molar-refractivity contribution is 0.138. The van der Waals surface area contributed by atoms with Crippen molar-refractivity contribution >= 4 is 23.3 Å². The third kappa shape index (κ3) is 4.75. The van der Waals surface area contributed by atoms with Gasteiger partial charge in [-0.3, -0.25) is 4.48 Å². The molecule has 1 saturated heterocycles. The number of rotatable bonds is 4. The minimum Gasteiger partial charge on any atom is -0.351 e. The Morgan fingerprint density at radius 3 is 2.42 bits per heavy atom. The van der Waals surface area contributed by atoms with Crippen LogP contribution in [-0.4, -0.2) is 46.9 Å². The highest BCUT2D eigenvalue weighted by Crippen LogP contribution is 2.33. The van der Waals surface area contributed by atoms with Crippen LogP contribution in [0.4, 0.5) is 14.9 Å². The van der Waals surface area contributed by atoms with Crippen molar-refractivity contribution in [2.75, 3.05) is 26.2 Å². The zero-order valence-electron chi connectivity index (χ0n) is 19.3. The second kappa shape index (κ2) is 8.80. The normalized spacial score (nSPS) is 16.1. The van der Waals surface area contributed by atoms with E-state index in [1.54, 1.807) is 11.0 Å². The number of amides is 2. The molecule has 1 aromatic heterocycles. The minimum absolute atomic E-state index is 0.161. The summed E-state index contributed by atoms with van der Waals surface area (Å²) in [4.78, 5) is 13.4. The molecule has 2 amide bonds. The van der Waals surface area contributed by atoms with Gasteiger partial charge in [-0.15, -0.1) is 0 Å². The maximum Gasteiger partial charge on any atom is 0.315 e. The molecule has 0 saturated carbocycles. The van der Waals surface area contributed by atoms with Crippen molar-refractivity contribution in [2.45, 2.75) is 32.7 Å². The molecule has 2 heterocycles. The van der Waals surface area contributed by atoms with Gasteiger partial charge in [0.15, 0.2) is 11.5 Å². The van der Waals surface area contributed by atoms with Crippen LogP contribution in [0.2, 0.25) is 5.02 Å². The number of benzene rings is 2. The molecule has 2 aromatic carbocycles. The molecule has 6 nitrogen and oxygen atoms in total. The lowest BCUT2D eigenvalue weighted by Gasteiger charge is -2.44. The first-order valence-corrected chi connectivity index (χ1v) is 11.5. The van der Waals surface area contributed by atoms with Crippen LogP contribution in [0.5, 0.6) is 0 Å². The smallest absolute Gasteiger partial charge is 0.315 e. The van der Waals surface area contributed by atoms with E-state index in [2.05, 4.69) is 26.8 Å². The van der Waals surface area contributed by atoms with Gasteiger partial charge in [-0.2, -0.15) is 5.10 Å². The first-order valence-electron chi connectivity index (χ1n) is 11.1. The second-order valence-electron chi connectivity index (χ2n) is 9.69. The molecule has 33 heavy (non-hydrogen) atoms. The predicted molar refractivity (Wildman–Crippen MR) is 130 cm³/mol. The highest BCUT2D eigenvalue weighted by Gasteiger charge is 2.40. The third-order valence-electron chi connectivity index (χ3n) is 6.34. The van der Waals surface area contributed by atoms with Crippen molar-refractivity contribution in [2.24, 2.45) is 5.73 Å². The largest absolute Gasteiger partial charge is 0.351 e. The summed E-state index contributed by atoms with van der Waals surface area (Å²) < 4.78 is 17.4. The van der Waals surface area contributed by atoms with Crippen LogP contribution >= 0.6 is 11.6 Å². The van der Waals surface area contributed by atoms with E-state index >= 15 is 4.39 Å². The fourth-order valence-electron chi connectivity index (χ4n) is 4.43. The Kier molecular flexibility index (Phi) is 6.20. The van der Waals surface area contributed by atoms with Gasteiger partial charge >= 0.3 is 6.03 Å². The average Bonchev–Trinajstić information content (AvgIpc) is 3.18. The number of primary amides is 1. The van der Waals surface area contributed by atoms with Crippen LogP contribution in [0.3, 0.4) is 0 Å². The Labute approximate surface area is 198 Å². The molecule has 1 fully saturated rings. The van der Waals surface area contributed by atoms with Gasteiger partial charge in [0.05, 0.1) is 30.2 Å². The zero-order valence-corrected chi connectivity index (χ0v) is 20.0. The number of halogens is 2. The van der Waals surface area contributed by atoms with Crippen molar-refractivity contribution in [3.63, 3.8) is 0 Å². The number of quaternary nitrogens is 1. The molecule has 0 atom stereocenters. The first-order chi connectivity index (χ1) is 15.6. The van der Waals surface area contributed by atoms with Crippen LogP contribution in [0.25, 0.3) is 5.69 Å². The van der Waals surface area contributed by atoms with E-state index < -0.39 is 6.03 Å². The molecule has 0 spiro atoms. The molecule has 8 heteroatoms. The maximum absolute atomic E-state index is 15.1. The van der Waals surface area contributed by atoms with E-state index in [1.165, 1.54) is 6.07 Å². The Morgan fingerprint density at radius 1 is 1.12 bits per heavy atom. The van der Waals surface area contributed by atoms with Crippen LogP contribution in [-0.2, 0) is 12.0 Å². The van der Waals surface area contributed by atoms with E-state index in [1.807, 2.05) is 41.1 Å². The number of carbonyl (C=O) groups is 1. The molecule has 174 valence electrons. The highest BCUT2D eigenvalue weighted by molar-refractivity contribution is 6.30. The second-order valence-corrected chi connectivity index (χ2v) is 10.1. The van der Waals surface area contributed by atoms with Gasteiger partial charge in [0.2, 0.25) is 0 Å². The topological polar surface area (TPSA) is 64.2 Å². The van der Waals surface area contributed by atoms with Crippen LogP contribution in [0, 0.1) is 5.82 Å². The number of hydrogen-bond acceptors (Lipinski definition) is 2. The Morgan fingerprint density at radius 2 is 1.82 bits per heavy atom. The lowest BCUT2D eigenvalue weighted by atomic mass is 9.92. The van der Waals surface area contributed by atoms with Gasteiger partial charge in [0.25, 0.3) is 0 Å². The van der Waals surface area contributed by atoms with Crippen LogP contribution in [0.15, 0.2) is 54.6 Å². The van der Waals surface area contributed by atoms with Crippen molar-refractivity contribution in [1.82, 2.24) is 19.2 Å². The number of hydrogen-bond donors (Lipinski definition) is 1. The third-order valence-corrected chi connectivity index (χ3v) is 6.58. The van der Waals surface area contributed by atoms with Gasteiger partial charge in [-0.1, -0.05) is 50.6 Å². The lowest BCUT2D eigenvalue weighted by Crippen LogP contribution is -2.62. The fraction of sp³-hybridized carbons (Fsp3) is 0.360. The van der Waals surface area contributed by atoms with Gasteiger partial charge in [-0.05, 0) is 30.3 Å². The molecule has 3 aromatic rings. The van der Waals surface area contributed by atoms with E-state index in [0.29, 0.717) is 47.9 Å². The van der Waals surface area contributed by atoms with Crippen LogP contribution in [0.1, 0.15) is 32.2 Å². The summed E-state index contributed by atoms with van der Waals surface area (Å²) in [5, 5.41) is 5.54. The van der Waals surface area contributed by atoms with Gasteiger partial charge in [0, 0.05) is 16.5 Å². The van der Waals surface area contributed by atoms with E-state index in [0.717, 1.165) is 17.1 Å². The fourth-order valence-corrected chi connectivity index (χ4v) is 4.61. The van der Waals surface area contributed by atoms with E-state index in [-0.39, 0.29) is 11.2 Å². The zero-order chi connectivity index (χ0) is 23.8. The standard InChI is InChI=1S/C25H29ClFN5O/c1-25(2,3)23-16-20(31(29-23)19-8-6-7-18(26)15-19)17-32(22-10-5-4-9-21(22)27)13-11-30(12-14-32)24(28)33/h4-10,15-16H,11-14,17H2,1-3H3,(H-,28,33)/p+1. The molecular formula is C25H30ClFN5O+. The van der Waals surface area contributed by atoms with Crippen molar-refractivity contribution in [3.8, 4) is 5.69 Å². The summed E-state index contributed by atoms with van der Waals surface area (Å²) >= 11 is 6.28. The number of nitrogens with two attached hydrogens (primary N) is 1. The quantitative estimate of drug-likeness (QED) is 0.553. The van der Waals surface area contributed by atoms with Gasteiger partial charge in [0.1, 0.15) is 19.6 Å². The predicted octanol–water partition coefficient (Wildman–Crippen LogP) is 4.86. The first kappa shape index (κ1) is 23.3. The van der Waals surface area contributed by atoms with E-state index in [4.69, 9.17) is 22.4 Å². The van der Waals surface area contributed by atoms with Crippen LogP contribution < -0.4 is 10.2 Å². The molecule has 0 unspecified atom stereocenters. The van der Waals surface area contributed by atoms with Gasteiger partial charge < -0.3 is 10.6 Å². The summed E-state index contributed by atoms with van der Waals surface area (Å²) in [6, 6.07) is 16.1. The number of aromatic nitrogens is 2. The molecule has 0 radical (unpaired) electrons. The van der Waals surface area contributed by atoms with Gasteiger partial charge in [-0.25, -0.2) is 13.9 Å². The Hall–Kier alpha value is -2.90. The summed E-state index contributed by atoms with van der Waals surface area (Å²) in [5.74, 6) is -0.255. The number of carbonyl (C=O) groups excluding carboxylic acids is 1. The Bertz CT molecular complexity index is 1160. The molecule has 1 aliphatic rings. The summed E-state index contributed by atoms with van der Waals surface area (Å²) in [5.41, 5.74) is 8.73. The molecule has 4 rings (SSSR count). The minimum atomic E-state index is -0.444. The number of para-hydroxylation sites is 1. The van der Waals surface area contributed by atoms with Crippen molar-refractivity contribution < 1.29 is 9.18 Å². The summed E-state index contributed by atoms with van der Waals surface area (Å²) in [6.45, 7) is 8.90. The molecular weight excluding hydrogens is 441 g/mol. The van der Waals surface area contributed by atoms with Crippen molar-refractivity contribution in [1.29, 1.82) is 0 Å². The average molecular weight is 471 g/mol. The molecule has 2 N–H and O–H groups in total. The number of nitrogens with zero attached hydrogens (tertiary/aromatic N) is 4. The summed E-state index contributed by atoms with van der Waals surface area (Å²) in [7, 11) is 0. The number of urea groups is 1. The Balaban J connectivity index is 1.82. The highest BCUT2D eigenvalue weighted by atomic mass is 35.5.